The molecule has 0 unspecified atom stereocenters. The molecule has 9 heteroatoms. The molecule has 35 heavy (non-hydrogen) atoms. The standard InChI is InChI=1S/C26H18FN3O3S2/c27-18-12-14-20(15-13-18)35(32,33)30-22-9-2-1-8-21(22)25(31)28-19-7-5-6-17(16-19)26-29-23-10-3-4-11-24(23)34-26/h1-16,30H,(H,28,31). The van der Waals surface area contributed by atoms with Crippen molar-refractivity contribution in [3.8, 4) is 10.6 Å². The number of aromatic nitrogens is 1. The van der Waals surface area contributed by atoms with Gasteiger partial charge in [0.05, 0.1) is 26.4 Å². The van der Waals surface area contributed by atoms with Crippen LogP contribution in [0.2, 0.25) is 0 Å². The van der Waals surface area contributed by atoms with Crippen molar-refractivity contribution in [2.75, 3.05) is 10.0 Å². The van der Waals surface area contributed by atoms with Crippen LogP contribution in [0, 0.1) is 5.82 Å². The number of sulfonamides is 1. The fourth-order valence-corrected chi connectivity index (χ4v) is 5.55. The summed E-state index contributed by atoms with van der Waals surface area (Å²) in [6, 6.07) is 25.9. The maximum Gasteiger partial charge on any atom is 0.261 e. The van der Waals surface area contributed by atoms with Gasteiger partial charge in [0.15, 0.2) is 0 Å². The molecule has 1 heterocycles. The van der Waals surface area contributed by atoms with Crippen molar-refractivity contribution < 1.29 is 17.6 Å². The molecule has 0 fully saturated rings. The maximum atomic E-state index is 13.2. The number of hydrogen-bond donors (Lipinski definition) is 2. The van der Waals surface area contributed by atoms with Crippen LogP contribution < -0.4 is 10.0 Å². The summed E-state index contributed by atoms with van der Waals surface area (Å²) in [5.74, 6) is -1.03. The molecule has 0 saturated carbocycles. The molecule has 0 aliphatic carbocycles. The highest BCUT2D eigenvalue weighted by Gasteiger charge is 2.19. The minimum absolute atomic E-state index is 0.108. The van der Waals surface area contributed by atoms with Crippen molar-refractivity contribution in [2.45, 2.75) is 4.90 Å². The van der Waals surface area contributed by atoms with Gasteiger partial charge in [-0.2, -0.15) is 0 Å². The van der Waals surface area contributed by atoms with Crippen LogP contribution in [-0.2, 0) is 10.0 Å². The van der Waals surface area contributed by atoms with E-state index in [4.69, 9.17) is 0 Å². The predicted octanol–water partition coefficient (Wildman–Crippen LogP) is 6.16. The third kappa shape index (κ3) is 4.91. The van der Waals surface area contributed by atoms with E-state index in [-0.39, 0.29) is 16.1 Å². The molecule has 0 radical (unpaired) electrons. The molecule has 0 saturated heterocycles. The topological polar surface area (TPSA) is 88.2 Å². The van der Waals surface area contributed by atoms with Crippen LogP contribution in [0.1, 0.15) is 10.4 Å². The number of halogens is 1. The first-order valence-corrected chi connectivity index (χ1v) is 12.8. The number of amides is 1. The van der Waals surface area contributed by atoms with Gasteiger partial charge in [0.25, 0.3) is 15.9 Å². The Labute approximate surface area is 205 Å². The van der Waals surface area contributed by atoms with Crippen LogP contribution in [-0.4, -0.2) is 19.3 Å². The molecule has 174 valence electrons. The Bertz CT molecular complexity index is 1620. The van der Waals surface area contributed by atoms with E-state index in [2.05, 4.69) is 15.0 Å². The highest BCUT2D eigenvalue weighted by Crippen LogP contribution is 2.31. The molecule has 1 amide bonds. The van der Waals surface area contributed by atoms with E-state index < -0.39 is 21.7 Å². The molecule has 4 aromatic carbocycles. The Kier molecular flexibility index (Phi) is 6.02. The molecule has 6 nitrogen and oxygen atoms in total. The molecular weight excluding hydrogens is 485 g/mol. The second-order valence-corrected chi connectivity index (χ2v) is 10.3. The number of carbonyl (C=O) groups is 1. The van der Waals surface area contributed by atoms with Crippen molar-refractivity contribution in [3.63, 3.8) is 0 Å². The first-order chi connectivity index (χ1) is 16.9. The molecule has 1 aromatic heterocycles. The Balaban J connectivity index is 1.39. The summed E-state index contributed by atoms with van der Waals surface area (Å²) in [6.45, 7) is 0. The predicted molar refractivity (Wildman–Crippen MR) is 137 cm³/mol. The summed E-state index contributed by atoms with van der Waals surface area (Å²) < 4.78 is 42.2. The van der Waals surface area contributed by atoms with Gasteiger partial charge in [0, 0.05) is 11.3 Å². The molecular formula is C26H18FN3O3S2. The lowest BCUT2D eigenvalue weighted by molar-refractivity contribution is 0.102. The summed E-state index contributed by atoms with van der Waals surface area (Å²) >= 11 is 1.56. The van der Waals surface area contributed by atoms with E-state index >= 15 is 0 Å². The lowest BCUT2D eigenvalue weighted by Crippen LogP contribution is -2.18. The van der Waals surface area contributed by atoms with Crippen molar-refractivity contribution in [1.82, 2.24) is 4.98 Å². The molecule has 0 atom stereocenters. The second-order valence-electron chi connectivity index (χ2n) is 7.63. The molecule has 0 bridgehead atoms. The Morgan fingerprint density at radius 1 is 0.857 bits per heavy atom. The quantitative estimate of drug-likeness (QED) is 0.291. The van der Waals surface area contributed by atoms with Gasteiger partial charge >= 0.3 is 0 Å². The highest BCUT2D eigenvalue weighted by atomic mass is 32.2. The van der Waals surface area contributed by atoms with Gasteiger partial charge in [-0.25, -0.2) is 17.8 Å². The zero-order valence-electron chi connectivity index (χ0n) is 18.1. The number of benzene rings is 4. The van der Waals surface area contributed by atoms with E-state index in [1.807, 2.05) is 42.5 Å². The minimum atomic E-state index is -4.02. The van der Waals surface area contributed by atoms with Crippen molar-refractivity contribution in [3.05, 3.63) is 108 Å². The smallest absolute Gasteiger partial charge is 0.261 e. The largest absolute Gasteiger partial charge is 0.322 e. The van der Waals surface area contributed by atoms with E-state index in [1.54, 1.807) is 29.5 Å². The number of carbonyl (C=O) groups excluding carboxylic acids is 1. The summed E-state index contributed by atoms with van der Waals surface area (Å²) in [6.07, 6.45) is 0. The summed E-state index contributed by atoms with van der Waals surface area (Å²) in [5.41, 5.74) is 2.56. The molecule has 0 aliphatic heterocycles. The van der Waals surface area contributed by atoms with Gasteiger partial charge in [-0.3, -0.25) is 9.52 Å². The molecule has 0 aliphatic rings. The van der Waals surface area contributed by atoms with E-state index in [1.165, 1.54) is 12.1 Å². The summed E-state index contributed by atoms with van der Waals surface area (Å²) in [7, 11) is -4.02. The molecule has 0 spiro atoms. The average Bonchev–Trinajstić information content (AvgIpc) is 3.29. The van der Waals surface area contributed by atoms with Gasteiger partial charge < -0.3 is 5.32 Å². The van der Waals surface area contributed by atoms with Crippen molar-refractivity contribution in [1.29, 1.82) is 0 Å². The SMILES string of the molecule is O=C(Nc1cccc(-c2nc3ccccc3s2)c1)c1ccccc1NS(=O)(=O)c1ccc(F)cc1. The van der Waals surface area contributed by atoms with Crippen LogP contribution in [0.5, 0.6) is 0 Å². The van der Waals surface area contributed by atoms with Crippen LogP contribution in [0.3, 0.4) is 0 Å². The van der Waals surface area contributed by atoms with Gasteiger partial charge in [-0.15, -0.1) is 11.3 Å². The zero-order valence-corrected chi connectivity index (χ0v) is 19.7. The number of nitrogens with one attached hydrogen (secondary N) is 2. The maximum absolute atomic E-state index is 13.2. The number of para-hydroxylation sites is 2. The molecule has 5 rings (SSSR count). The van der Waals surface area contributed by atoms with Crippen LogP contribution in [0.4, 0.5) is 15.8 Å². The number of fused-ring (bicyclic) bond motifs is 1. The molecule has 2 N–H and O–H groups in total. The number of anilines is 2. The second kappa shape index (κ2) is 9.28. The Morgan fingerprint density at radius 3 is 2.40 bits per heavy atom. The summed E-state index contributed by atoms with van der Waals surface area (Å²) in [4.78, 5) is 17.6. The van der Waals surface area contributed by atoms with Crippen molar-refractivity contribution in [2.24, 2.45) is 0 Å². The van der Waals surface area contributed by atoms with Crippen LogP contribution >= 0.6 is 11.3 Å². The lowest BCUT2D eigenvalue weighted by atomic mass is 10.1. The van der Waals surface area contributed by atoms with Gasteiger partial charge in [-0.05, 0) is 60.7 Å². The molecule has 5 aromatic rings. The van der Waals surface area contributed by atoms with E-state index in [9.17, 15) is 17.6 Å². The van der Waals surface area contributed by atoms with E-state index in [0.29, 0.717) is 5.69 Å². The first-order valence-electron chi connectivity index (χ1n) is 10.5. The van der Waals surface area contributed by atoms with Gasteiger partial charge in [0.1, 0.15) is 10.8 Å². The third-order valence-electron chi connectivity index (χ3n) is 5.20. The fourth-order valence-electron chi connectivity index (χ4n) is 3.51. The monoisotopic (exact) mass is 503 g/mol. The van der Waals surface area contributed by atoms with Gasteiger partial charge in [0.2, 0.25) is 0 Å². The Morgan fingerprint density at radius 2 is 1.60 bits per heavy atom. The minimum Gasteiger partial charge on any atom is -0.322 e. The number of thiazole rings is 1. The fraction of sp³-hybridized carbons (Fsp3) is 0. The Hall–Kier alpha value is -4.08. The van der Waals surface area contributed by atoms with Crippen LogP contribution in [0.15, 0.2) is 102 Å². The van der Waals surface area contributed by atoms with Crippen molar-refractivity contribution >= 4 is 48.9 Å². The number of nitrogens with zero attached hydrogens (tertiary/aromatic N) is 1. The number of rotatable bonds is 6. The van der Waals surface area contributed by atoms with Gasteiger partial charge in [-0.1, -0.05) is 36.4 Å². The average molecular weight is 504 g/mol. The van der Waals surface area contributed by atoms with E-state index in [0.717, 1.165) is 45.1 Å². The lowest BCUT2D eigenvalue weighted by Gasteiger charge is -2.13. The summed E-state index contributed by atoms with van der Waals surface area (Å²) in [5, 5.41) is 3.66. The normalized spacial score (nSPS) is 11.3. The highest BCUT2D eigenvalue weighted by molar-refractivity contribution is 7.92. The number of hydrogen-bond acceptors (Lipinski definition) is 5. The first kappa shape index (κ1) is 22.7. The zero-order chi connectivity index (χ0) is 24.4. The third-order valence-corrected chi connectivity index (χ3v) is 7.67. The van der Waals surface area contributed by atoms with Crippen LogP contribution in [0.25, 0.3) is 20.8 Å².